The third-order valence-corrected chi connectivity index (χ3v) is 5.19. The van der Waals surface area contributed by atoms with Crippen LogP contribution in [-0.4, -0.2) is 49.5 Å². The smallest absolute Gasteiger partial charge is 0.246 e. The fourth-order valence-corrected chi connectivity index (χ4v) is 3.31. The van der Waals surface area contributed by atoms with Crippen LogP contribution >= 0.6 is 0 Å². The summed E-state index contributed by atoms with van der Waals surface area (Å²) < 4.78 is 6.68. The number of aromatic nitrogens is 4. The van der Waals surface area contributed by atoms with Crippen molar-refractivity contribution in [2.45, 2.75) is 25.9 Å². The molecule has 0 radical (unpaired) electrons. The number of rotatable bonds is 10. The molecule has 0 bridgehead atoms. The number of likely N-dealkylation sites (N-methyl/N-ethyl adjacent to an activating group) is 1. The first kappa shape index (κ1) is 23.6. The van der Waals surface area contributed by atoms with Gasteiger partial charge in [-0.25, -0.2) is 0 Å². The molecule has 4 rings (SSSR count). The average molecular weight is 473 g/mol. The molecule has 0 atom stereocenters. The van der Waals surface area contributed by atoms with Crippen molar-refractivity contribution in [1.29, 1.82) is 0 Å². The highest BCUT2D eigenvalue weighted by atomic mass is 16.5. The van der Waals surface area contributed by atoms with Gasteiger partial charge in [0.1, 0.15) is 6.54 Å². The molecule has 0 fully saturated rings. The summed E-state index contributed by atoms with van der Waals surface area (Å²) >= 11 is 0. The molecule has 10 nitrogen and oxygen atoms in total. The molecule has 2 aromatic heterocycles. The minimum Gasteiger partial charge on any atom is -0.337 e. The molecule has 2 amide bonds. The minimum absolute atomic E-state index is 0.0292. The van der Waals surface area contributed by atoms with Crippen molar-refractivity contribution in [1.82, 2.24) is 24.8 Å². The zero-order valence-electron chi connectivity index (χ0n) is 19.1. The molecule has 0 spiro atoms. The van der Waals surface area contributed by atoms with Gasteiger partial charge >= 0.3 is 0 Å². The number of nitrogens with one attached hydrogen (secondary N) is 1. The van der Waals surface area contributed by atoms with Gasteiger partial charge in [-0.05, 0) is 0 Å². The third kappa shape index (κ3) is 6.47. The largest absolute Gasteiger partial charge is 0.337 e. The van der Waals surface area contributed by atoms with Crippen molar-refractivity contribution in [2.24, 2.45) is 0 Å². The summed E-state index contributed by atoms with van der Waals surface area (Å²) in [7, 11) is 1.63. The van der Waals surface area contributed by atoms with Crippen molar-refractivity contribution in [3.05, 3.63) is 84.5 Å². The number of amides is 2. The van der Waals surface area contributed by atoms with Crippen molar-refractivity contribution >= 4 is 23.3 Å². The number of hydrogen-bond acceptors (Lipinski definition) is 7. The summed E-state index contributed by atoms with van der Waals surface area (Å²) in [6, 6.07) is 18.2. The molecule has 35 heavy (non-hydrogen) atoms. The highest BCUT2D eigenvalue weighted by Gasteiger charge is 2.16. The Morgan fingerprint density at radius 1 is 1.00 bits per heavy atom. The predicted octanol–water partition coefficient (Wildman–Crippen LogP) is 3.19. The van der Waals surface area contributed by atoms with Gasteiger partial charge < -0.3 is 14.7 Å². The predicted molar refractivity (Wildman–Crippen MR) is 127 cm³/mol. The standard InChI is InChI=1S/C25H24N6O4/c1-30(16-23-28-25(29-35-23)19-10-6-3-7-11-19)24(34)17-31-15-20(14-26-31)27-22(33)13-12-21(32)18-8-4-2-5-9-18/h2-11,14-15H,12-13,16-17H2,1H3,(H,27,33). The van der Waals surface area contributed by atoms with Crippen molar-refractivity contribution < 1.29 is 18.9 Å². The van der Waals surface area contributed by atoms with E-state index in [-0.39, 0.29) is 43.5 Å². The summed E-state index contributed by atoms with van der Waals surface area (Å²) in [6.45, 7) is 0.123. The average Bonchev–Trinajstić information content (AvgIpc) is 3.53. The van der Waals surface area contributed by atoms with Crippen LogP contribution in [0.3, 0.4) is 0 Å². The van der Waals surface area contributed by atoms with Crippen LogP contribution in [0.2, 0.25) is 0 Å². The fraction of sp³-hybridized carbons (Fsp3) is 0.200. The van der Waals surface area contributed by atoms with Gasteiger partial charge in [-0.3, -0.25) is 19.1 Å². The van der Waals surface area contributed by atoms with E-state index in [1.54, 1.807) is 37.5 Å². The molecule has 1 N–H and O–H groups in total. The topological polar surface area (TPSA) is 123 Å². The van der Waals surface area contributed by atoms with Crippen LogP contribution in [0.25, 0.3) is 11.4 Å². The Bertz CT molecular complexity index is 1300. The zero-order chi connectivity index (χ0) is 24.6. The maximum Gasteiger partial charge on any atom is 0.246 e. The normalized spacial score (nSPS) is 10.7. The highest BCUT2D eigenvalue weighted by molar-refractivity contribution is 5.99. The number of ketones is 1. The number of hydrogen-bond donors (Lipinski definition) is 1. The van der Waals surface area contributed by atoms with E-state index in [1.165, 1.54) is 15.8 Å². The van der Waals surface area contributed by atoms with E-state index in [0.717, 1.165) is 5.56 Å². The highest BCUT2D eigenvalue weighted by Crippen LogP contribution is 2.15. The molecular formula is C25H24N6O4. The molecule has 2 heterocycles. The molecule has 4 aromatic rings. The second-order valence-electron chi connectivity index (χ2n) is 7.89. The molecule has 10 heteroatoms. The number of anilines is 1. The van der Waals surface area contributed by atoms with E-state index in [1.807, 2.05) is 36.4 Å². The van der Waals surface area contributed by atoms with E-state index in [9.17, 15) is 14.4 Å². The molecule has 0 saturated carbocycles. The summed E-state index contributed by atoms with van der Waals surface area (Å²) in [5.74, 6) is 0.154. The first-order chi connectivity index (χ1) is 17.0. The minimum atomic E-state index is -0.303. The van der Waals surface area contributed by atoms with Gasteiger partial charge in [0.25, 0.3) is 0 Å². The summed E-state index contributed by atoms with van der Waals surface area (Å²) in [5, 5.41) is 10.8. The quantitative estimate of drug-likeness (QED) is 0.352. The first-order valence-electron chi connectivity index (χ1n) is 11.0. The Labute approximate surface area is 201 Å². The molecule has 0 saturated heterocycles. The maximum atomic E-state index is 12.6. The SMILES string of the molecule is CN(Cc1nc(-c2ccccc2)no1)C(=O)Cn1cc(NC(=O)CCC(=O)c2ccccc2)cn1. The van der Waals surface area contributed by atoms with Crippen LogP contribution in [0, 0.1) is 0 Å². The Balaban J connectivity index is 1.24. The van der Waals surface area contributed by atoms with Crippen LogP contribution < -0.4 is 5.32 Å². The number of benzene rings is 2. The fourth-order valence-electron chi connectivity index (χ4n) is 3.31. The lowest BCUT2D eigenvalue weighted by Crippen LogP contribution is -2.30. The van der Waals surface area contributed by atoms with Gasteiger partial charge in [0.05, 0.1) is 18.4 Å². The molecule has 0 aliphatic carbocycles. The molecule has 2 aromatic carbocycles. The van der Waals surface area contributed by atoms with Crippen LogP contribution in [0.4, 0.5) is 5.69 Å². The monoisotopic (exact) mass is 472 g/mol. The van der Waals surface area contributed by atoms with Gasteiger partial charge in [0.2, 0.25) is 23.5 Å². The molecule has 0 aliphatic rings. The van der Waals surface area contributed by atoms with E-state index < -0.39 is 0 Å². The summed E-state index contributed by atoms with van der Waals surface area (Å²) in [6.07, 6.45) is 3.17. The number of Topliss-reactive ketones (excluding diaryl/α,β-unsaturated/α-hetero) is 1. The van der Waals surface area contributed by atoms with E-state index in [4.69, 9.17) is 4.52 Å². The Morgan fingerprint density at radius 2 is 1.71 bits per heavy atom. The Kier molecular flexibility index (Phi) is 7.41. The van der Waals surface area contributed by atoms with Crippen molar-refractivity contribution in [3.63, 3.8) is 0 Å². The van der Waals surface area contributed by atoms with E-state index in [2.05, 4.69) is 20.6 Å². The maximum absolute atomic E-state index is 12.6. The summed E-state index contributed by atoms with van der Waals surface area (Å²) in [5.41, 5.74) is 1.85. The van der Waals surface area contributed by atoms with Crippen LogP contribution in [-0.2, 0) is 22.7 Å². The van der Waals surface area contributed by atoms with Gasteiger partial charge in [-0.15, -0.1) is 0 Å². The molecule has 0 unspecified atom stereocenters. The van der Waals surface area contributed by atoms with Crippen LogP contribution in [0.5, 0.6) is 0 Å². The van der Waals surface area contributed by atoms with Gasteiger partial charge in [0.15, 0.2) is 5.78 Å². The van der Waals surface area contributed by atoms with Crippen molar-refractivity contribution in [2.75, 3.05) is 12.4 Å². The molecule has 178 valence electrons. The van der Waals surface area contributed by atoms with E-state index >= 15 is 0 Å². The zero-order valence-corrected chi connectivity index (χ0v) is 19.1. The lowest BCUT2D eigenvalue weighted by atomic mass is 10.1. The Hall–Kier alpha value is -4.60. The second kappa shape index (κ2) is 11.0. The Morgan fingerprint density at radius 3 is 2.46 bits per heavy atom. The first-order valence-corrected chi connectivity index (χ1v) is 11.0. The number of carbonyl (C=O) groups excluding carboxylic acids is 3. The number of carbonyl (C=O) groups is 3. The van der Waals surface area contributed by atoms with E-state index in [0.29, 0.717) is 23.0 Å². The lowest BCUT2D eigenvalue weighted by Gasteiger charge is -2.14. The van der Waals surface area contributed by atoms with Gasteiger partial charge in [0, 0.05) is 37.2 Å². The molecule has 0 aliphatic heterocycles. The third-order valence-electron chi connectivity index (χ3n) is 5.19. The van der Waals surface area contributed by atoms with Gasteiger partial charge in [-0.2, -0.15) is 10.1 Å². The second-order valence-corrected chi connectivity index (χ2v) is 7.89. The number of nitrogens with zero attached hydrogens (tertiary/aromatic N) is 5. The lowest BCUT2D eigenvalue weighted by molar-refractivity contribution is -0.131. The van der Waals surface area contributed by atoms with Crippen molar-refractivity contribution in [3.8, 4) is 11.4 Å². The van der Waals surface area contributed by atoms with Crippen LogP contribution in [0.1, 0.15) is 29.1 Å². The van der Waals surface area contributed by atoms with Crippen LogP contribution in [0.15, 0.2) is 77.6 Å². The van der Waals surface area contributed by atoms with Gasteiger partial charge in [-0.1, -0.05) is 65.8 Å². The summed E-state index contributed by atoms with van der Waals surface area (Å²) in [4.78, 5) is 42.7. The molecular weight excluding hydrogens is 448 g/mol.